The van der Waals surface area contributed by atoms with Crippen molar-refractivity contribution in [1.29, 1.82) is 0 Å². The maximum atomic E-state index is 12.8. The fourth-order valence-corrected chi connectivity index (χ4v) is 3.86. The van der Waals surface area contributed by atoms with Crippen molar-refractivity contribution in [2.45, 2.75) is 51.1 Å². The summed E-state index contributed by atoms with van der Waals surface area (Å²) >= 11 is 0. The van der Waals surface area contributed by atoms with Crippen LogP contribution in [0.2, 0.25) is 0 Å². The number of fused-ring (bicyclic) bond motifs is 1. The monoisotopic (exact) mass is 337 g/mol. The molecule has 1 amide bonds. The topological polar surface area (TPSA) is 49.6 Å². The highest BCUT2D eigenvalue weighted by atomic mass is 35.5. The molecule has 4 nitrogen and oxygen atoms in total. The first kappa shape index (κ1) is 18.2. The Morgan fingerprint density at radius 1 is 1.26 bits per heavy atom. The number of para-hydroxylation sites is 1. The number of anilines is 1. The van der Waals surface area contributed by atoms with Crippen LogP contribution < -0.4 is 10.6 Å². The number of rotatable bonds is 3. The lowest BCUT2D eigenvalue weighted by atomic mass is 9.96. The summed E-state index contributed by atoms with van der Waals surface area (Å²) in [6.07, 6.45) is 5.64. The summed E-state index contributed by atoms with van der Waals surface area (Å²) in [5, 5.41) is 0. The van der Waals surface area contributed by atoms with E-state index in [0.717, 1.165) is 38.0 Å². The third-order valence-corrected chi connectivity index (χ3v) is 5.02. The van der Waals surface area contributed by atoms with Gasteiger partial charge in [-0.2, -0.15) is 0 Å². The van der Waals surface area contributed by atoms with E-state index in [0.29, 0.717) is 12.6 Å². The van der Waals surface area contributed by atoms with Gasteiger partial charge in [-0.3, -0.25) is 9.69 Å². The molecular formula is C18H28ClN3O. The van der Waals surface area contributed by atoms with E-state index in [2.05, 4.69) is 30.0 Å². The lowest BCUT2D eigenvalue weighted by Crippen LogP contribution is -2.53. The Bertz CT molecular complexity index is 535. The molecule has 0 spiro atoms. The van der Waals surface area contributed by atoms with Crippen molar-refractivity contribution in [3.05, 3.63) is 29.8 Å². The van der Waals surface area contributed by atoms with Crippen molar-refractivity contribution in [2.75, 3.05) is 24.5 Å². The molecule has 2 atom stereocenters. The number of carbonyl (C=O) groups excluding carboxylic acids is 1. The first-order valence-electron chi connectivity index (χ1n) is 8.54. The Hall–Kier alpha value is -1.10. The Kier molecular flexibility index (Phi) is 6.45. The summed E-state index contributed by atoms with van der Waals surface area (Å²) in [4.78, 5) is 17.1. The molecule has 128 valence electrons. The molecule has 23 heavy (non-hydrogen) atoms. The molecule has 0 radical (unpaired) electrons. The maximum absolute atomic E-state index is 12.8. The molecule has 1 saturated heterocycles. The van der Waals surface area contributed by atoms with Crippen molar-refractivity contribution in [1.82, 2.24) is 4.90 Å². The van der Waals surface area contributed by atoms with Crippen LogP contribution in [0.3, 0.4) is 0 Å². The predicted octanol–water partition coefficient (Wildman–Crippen LogP) is 2.59. The number of halogens is 1. The molecule has 2 aliphatic heterocycles. The second-order valence-corrected chi connectivity index (χ2v) is 6.67. The van der Waals surface area contributed by atoms with Crippen molar-refractivity contribution in [2.24, 2.45) is 5.73 Å². The zero-order valence-corrected chi connectivity index (χ0v) is 14.7. The van der Waals surface area contributed by atoms with Gasteiger partial charge in [0.25, 0.3) is 0 Å². The second kappa shape index (κ2) is 8.13. The van der Waals surface area contributed by atoms with Crippen LogP contribution in [0.25, 0.3) is 0 Å². The number of nitrogens with two attached hydrogens (primary N) is 1. The SMILES string of the molecule is CC(N)C1CCCCN1CC(=O)N1CCCc2ccccc21.Cl. The summed E-state index contributed by atoms with van der Waals surface area (Å²) in [6.45, 7) is 4.39. The van der Waals surface area contributed by atoms with Gasteiger partial charge in [-0.25, -0.2) is 0 Å². The van der Waals surface area contributed by atoms with Crippen LogP contribution in [0.4, 0.5) is 5.69 Å². The van der Waals surface area contributed by atoms with E-state index in [1.165, 1.54) is 18.4 Å². The van der Waals surface area contributed by atoms with Crippen LogP contribution >= 0.6 is 12.4 Å². The molecule has 2 aliphatic rings. The standard InChI is InChI=1S/C18H27N3O.ClH/c1-14(19)16-9-4-5-11-20(16)13-18(22)21-12-6-8-15-7-2-3-10-17(15)21;/h2-3,7,10,14,16H,4-6,8-9,11-13,19H2,1H3;1H. The molecule has 0 bridgehead atoms. The minimum Gasteiger partial charge on any atom is -0.327 e. The van der Waals surface area contributed by atoms with Crippen LogP contribution in [0.1, 0.15) is 38.2 Å². The highest BCUT2D eigenvalue weighted by Crippen LogP contribution is 2.27. The maximum Gasteiger partial charge on any atom is 0.241 e. The van der Waals surface area contributed by atoms with Gasteiger partial charge in [0.05, 0.1) is 6.54 Å². The number of nitrogens with zero attached hydrogens (tertiary/aromatic N) is 2. The van der Waals surface area contributed by atoms with Crippen molar-refractivity contribution in [3.63, 3.8) is 0 Å². The average molecular weight is 338 g/mol. The molecule has 5 heteroatoms. The number of piperidine rings is 1. The van der Waals surface area contributed by atoms with Gasteiger partial charge >= 0.3 is 0 Å². The van der Waals surface area contributed by atoms with Gasteiger partial charge in [0.15, 0.2) is 0 Å². The van der Waals surface area contributed by atoms with E-state index < -0.39 is 0 Å². The molecule has 1 aromatic carbocycles. The minimum absolute atomic E-state index is 0. The van der Waals surface area contributed by atoms with E-state index >= 15 is 0 Å². The lowest BCUT2D eigenvalue weighted by Gasteiger charge is -2.39. The molecule has 0 saturated carbocycles. The first-order chi connectivity index (χ1) is 10.7. The highest BCUT2D eigenvalue weighted by molar-refractivity contribution is 5.96. The van der Waals surface area contributed by atoms with Gasteiger partial charge < -0.3 is 10.6 Å². The summed E-state index contributed by atoms with van der Waals surface area (Å²) in [5.41, 5.74) is 8.52. The number of aryl methyl sites for hydroxylation is 1. The van der Waals surface area contributed by atoms with Crippen molar-refractivity contribution >= 4 is 24.0 Å². The van der Waals surface area contributed by atoms with E-state index in [4.69, 9.17) is 5.73 Å². The second-order valence-electron chi connectivity index (χ2n) is 6.67. The van der Waals surface area contributed by atoms with Crippen molar-refractivity contribution < 1.29 is 4.79 Å². The van der Waals surface area contributed by atoms with Gasteiger partial charge in [-0.1, -0.05) is 24.6 Å². The van der Waals surface area contributed by atoms with Crippen molar-refractivity contribution in [3.8, 4) is 0 Å². The largest absolute Gasteiger partial charge is 0.327 e. The molecule has 1 fully saturated rings. The van der Waals surface area contributed by atoms with Crippen LogP contribution in [-0.2, 0) is 11.2 Å². The number of amides is 1. The zero-order valence-electron chi connectivity index (χ0n) is 13.9. The summed E-state index contributed by atoms with van der Waals surface area (Å²) in [6, 6.07) is 8.77. The Morgan fingerprint density at radius 3 is 2.83 bits per heavy atom. The van der Waals surface area contributed by atoms with E-state index in [-0.39, 0.29) is 24.4 Å². The van der Waals surface area contributed by atoms with E-state index in [1.54, 1.807) is 0 Å². The third-order valence-electron chi connectivity index (χ3n) is 5.02. The first-order valence-corrected chi connectivity index (χ1v) is 8.54. The summed E-state index contributed by atoms with van der Waals surface area (Å²) in [7, 11) is 0. The van der Waals surface area contributed by atoms with Gasteiger partial charge in [0, 0.05) is 24.3 Å². The molecule has 3 rings (SSSR count). The summed E-state index contributed by atoms with van der Waals surface area (Å²) in [5.74, 6) is 0.222. The predicted molar refractivity (Wildman–Crippen MR) is 97.2 cm³/mol. The number of hydrogen-bond acceptors (Lipinski definition) is 3. The molecule has 0 aromatic heterocycles. The Morgan fingerprint density at radius 2 is 2.04 bits per heavy atom. The molecule has 2 N–H and O–H groups in total. The normalized spacial score (nSPS) is 22.9. The Balaban J connectivity index is 0.00000192. The van der Waals surface area contributed by atoms with Crippen LogP contribution in [-0.4, -0.2) is 42.5 Å². The van der Waals surface area contributed by atoms with Crippen LogP contribution in [0, 0.1) is 0 Å². The van der Waals surface area contributed by atoms with Gasteiger partial charge in [0.1, 0.15) is 0 Å². The molecule has 2 unspecified atom stereocenters. The fourth-order valence-electron chi connectivity index (χ4n) is 3.86. The van der Waals surface area contributed by atoms with Gasteiger partial charge in [0.2, 0.25) is 5.91 Å². The van der Waals surface area contributed by atoms with E-state index in [9.17, 15) is 4.79 Å². The molecular weight excluding hydrogens is 310 g/mol. The quantitative estimate of drug-likeness (QED) is 0.922. The molecule has 1 aromatic rings. The Labute approximate surface area is 145 Å². The fraction of sp³-hybridized carbons (Fsp3) is 0.611. The minimum atomic E-state index is 0. The average Bonchev–Trinajstić information content (AvgIpc) is 2.54. The highest BCUT2D eigenvalue weighted by Gasteiger charge is 2.29. The smallest absolute Gasteiger partial charge is 0.241 e. The zero-order chi connectivity index (χ0) is 15.5. The van der Waals surface area contributed by atoms with Crippen LogP contribution in [0.15, 0.2) is 24.3 Å². The third kappa shape index (κ3) is 4.06. The lowest BCUT2D eigenvalue weighted by molar-refractivity contribution is -0.120. The molecule has 0 aliphatic carbocycles. The van der Waals surface area contributed by atoms with Gasteiger partial charge in [-0.05, 0) is 50.8 Å². The number of hydrogen-bond donors (Lipinski definition) is 1. The van der Waals surface area contributed by atoms with Crippen LogP contribution in [0.5, 0.6) is 0 Å². The van der Waals surface area contributed by atoms with Gasteiger partial charge in [-0.15, -0.1) is 12.4 Å². The number of likely N-dealkylation sites (tertiary alicyclic amines) is 1. The molecule has 2 heterocycles. The summed E-state index contributed by atoms with van der Waals surface area (Å²) < 4.78 is 0. The number of benzene rings is 1. The van der Waals surface area contributed by atoms with E-state index in [1.807, 2.05) is 11.0 Å². The number of carbonyl (C=O) groups is 1.